The van der Waals surface area contributed by atoms with Gasteiger partial charge in [0.25, 0.3) is 0 Å². The van der Waals surface area contributed by atoms with E-state index in [1.807, 2.05) is 6.07 Å². The van der Waals surface area contributed by atoms with Gasteiger partial charge in [-0.1, -0.05) is 12.1 Å². The van der Waals surface area contributed by atoms with Crippen molar-refractivity contribution < 1.29 is 14.6 Å². The monoisotopic (exact) mass is 265 g/mol. The highest BCUT2D eigenvalue weighted by Gasteiger charge is 2.37. The average Bonchev–Trinajstić information content (AvgIpc) is 2.37. The van der Waals surface area contributed by atoms with E-state index >= 15 is 0 Å². The fraction of sp³-hybridized carbons (Fsp3) is 0.600. The molecule has 106 valence electrons. The van der Waals surface area contributed by atoms with E-state index in [2.05, 4.69) is 24.4 Å². The lowest BCUT2D eigenvalue weighted by atomic mass is 9.87. The van der Waals surface area contributed by atoms with E-state index in [9.17, 15) is 5.11 Å². The van der Waals surface area contributed by atoms with E-state index in [4.69, 9.17) is 9.47 Å². The number of nitrogens with one attached hydrogen (secondary N) is 1. The van der Waals surface area contributed by atoms with E-state index in [1.54, 1.807) is 7.11 Å². The molecule has 1 aliphatic heterocycles. The molecule has 2 rings (SSSR count). The third kappa shape index (κ3) is 3.47. The lowest BCUT2D eigenvalue weighted by Gasteiger charge is -2.40. The number of methoxy groups -OCH3 is 1. The summed E-state index contributed by atoms with van der Waals surface area (Å²) in [6.07, 6.45) is 0.979. The molecule has 0 bridgehead atoms. The van der Waals surface area contributed by atoms with Crippen molar-refractivity contribution in [1.29, 1.82) is 0 Å². The van der Waals surface area contributed by atoms with Crippen LogP contribution in [0.2, 0.25) is 0 Å². The maximum atomic E-state index is 9.31. The molecule has 0 saturated carbocycles. The molecule has 1 heterocycles. The van der Waals surface area contributed by atoms with Crippen LogP contribution in [-0.4, -0.2) is 45.1 Å². The SMILES string of the molecule is COc1ccc(CCNCC2(CO)COC2)cc1C. The molecule has 1 saturated heterocycles. The summed E-state index contributed by atoms with van der Waals surface area (Å²) < 4.78 is 10.4. The van der Waals surface area contributed by atoms with Crippen molar-refractivity contribution in [3.8, 4) is 5.75 Å². The Kier molecular flexibility index (Phi) is 4.80. The molecule has 4 heteroatoms. The number of rotatable bonds is 7. The summed E-state index contributed by atoms with van der Waals surface area (Å²) in [6.45, 7) is 5.31. The highest BCUT2D eigenvalue weighted by molar-refractivity contribution is 5.36. The van der Waals surface area contributed by atoms with Gasteiger partial charge in [0.05, 0.1) is 32.3 Å². The van der Waals surface area contributed by atoms with E-state index in [1.165, 1.54) is 11.1 Å². The molecule has 4 nitrogen and oxygen atoms in total. The Morgan fingerprint density at radius 1 is 1.42 bits per heavy atom. The van der Waals surface area contributed by atoms with Gasteiger partial charge in [0, 0.05) is 6.54 Å². The quantitative estimate of drug-likeness (QED) is 0.726. The van der Waals surface area contributed by atoms with Crippen LogP contribution < -0.4 is 10.1 Å². The first kappa shape index (κ1) is 14.3. The van der Waals surface area contributed by atoms with Crippen molar-refractivity contribution in [2.24, 2.45) is 5.41 Å². The molecule has 0 aromatic heterocycles. The number of aryl methyl sites for hydroxylation is 1. The van der Waals surface area contributed by atoms with Gasteiger partial charge in [-0.2, -0.15) is 0 Å². The van der Waals surface area contributed by atoms with Gasteiger partial charge in [-0.05, 0) is 37.1 Å². The molecule has 0 spiro atoms. The van der Waals surface area contributed by atoms with Crippen LogP contribution in [-0.2, 0) is 11.2 Å². The van der Waals surface area contributed by atoms with Gasteiger partial charge >= 0.3 is 0 Å². The molecule has 0 aliphatic carbocycles. The fourth-order valence-corrected chi connectivity index (χ4v) is 2.32. The van der Waals surface area contributed by atoms with Crippen molar-refractivity contribution in [2.45, 2.75) is 13.3 Å². The van der Waals surface area contributed by atoms with Gasteiger partial charge in [-0.15, -0.1) is 0 Å². The first-order valence-electron chi connectivity index (χ1n) is 6.72. The molecular formula is C15H23NO3. The molecule has 0 unspecified atom stereocenters. The van der Waals surface area contributed by atoms with Crippen molar-refractivity contribution in [1.82, 2.24) is 5.32 Å². The molecule has 1 fully saturated rings. The van der Waals surface area contributed by atoms with E-state index in [0.29, 0.717) is 13.2 Å². The van der Waals surface area contributed by atoms with Gasteiger partial charge in [-0.3, -0.25) is 0 Å². The summed E-state index contributed by atoms with van der Waals surface area (Å²) >= 11 is 0. The van der Waals surface area contributed by atoms with Crippen LogP contribution in [0.4, 0.5) is 0 Å². The first-order valence-corrected chi connectivity index (χ1v) is 6.72. The molecule has 0 amide bonds. The summed E-state index contributed by atoms with van der Waals surface area (Å²) in [5, 5.41) is 12.7. The molecular weight excluding hydrogens is 242 g/mol. The topological polar surface area (TPSA) is 50.7 Å². The minimum Gasteiger partial charge on any atom is -0.496 e. The molecule has 1 aromatic carbocycles. The first-order chi connectivity index (χ1) is 9.19. The zero-order chi connectivity index (χ0) is 13.7. The Morgan fingerprint density at radius 3 is 2.74 bits per heavy atom. The summed E-state index contributed by atoms with van der Waals surface area (Å²) in [7, 11) is 1.69. The highest BCUT2D eigenvalue weighted by Crippen LogP contribution is 2.25. The van der Waals surface area contributed by atoms with E-state index < -0.39 is 0 Å². The molecule has 1 aliphatic rings. The fourth-order valence-electron chi connectivity index (χ4n) is 2.32. The van der Waals surface area contributed by atoms with Crippen LogP contribution in [0.1, 0.15) is 11.1 Å². The van der Waals surface area contributed by atoms with Gasteiger partial charge in [0.2, 0.25) is 0 Å². The van der Waals surface area contributed by atoms with Gasteiger partial charge in [0.1, 0.15) is 5.75 Å². The van der Waals surface area contributed by atoms with Crippen LogP contribution in [0.3, 0.4) is 0 Å². The average molecular weight is 265 g/mol. The standard InChI is InChI=1S/C15H23NO3/c1-12-7-13(3-4-14(12)18-2)5-6-16-8-15(9-17)10-19-11-15/h3-4,7,16-17H,5-6,8-11H2,1-2H3. The maximum Gasteiger partial charge on any atom is 0.121 e. The third-order valence-corrected chi connectivity index (χ3v) is 3.70. The molecule has 19 heavy (non-hydrogen) atoms. The highest BCUT2D eigenvalue weighted by atomic mass is 16.5. The molecule has 1 aromatic rings. The van der Waals surface area contributed by atoms with Crippen LogP contribution >= 0.6 is 0 Å². The lowest BCUT2D eigenvalue weighted by Crippen LogP contribution is -2.52. The number of aliphatic hydroxyl groups excluding tert-OH is 1. The largest absolute Gasteiger partial charge is 0.496 e. The van der Waals surface area contributed by atoms with Gasteiger partial charge in [-0.25, -0.2) is 0 Å². The van der Waals surface area contributed by atoms with Crippen molar-refractivity contribution in [2.75, 3.05) is 40.0 Å². The van der Waals surface area contributed by atoms with E-state index in [-0.39, 0.29) is 12.0 Å². The predicted octanol–water partition coefficient (Wildman–Crippen LogP) is 1.14. The number of aliphatic hydroxyl groups is 1. The number of ether oxygens (including phenoxy) is 2. The zero-order valence-corrected chi connectivity index (χ0v) is 11.7. The second-order valence-electron chi connectivity index (χ2n) is 5.38. The summed E-state index contributed by atoms with van der Waals surface area (Å²) in [4.78, 5) is 0. The zero-order valence-electron chi connectivity index (χ0n) is 11.7. The second kappa shape index (κ2) is 6.37. The van der Waals surface area contributed by atoms with Crippen molar-refractivity contribution in [3.63, 3.8) is 0 Å². The van der Waals surface area contributed by atoms with Gasteiger partial charge in [0.15, 0.2) is 0 Å². The Bertz CT molecular complexity index is 410. The normalized spacial score (nSPS) is 17.0. The van der Waals surface area contributed by atoms with Crippen LogP contribution in [0.15, 0.2) is 18.2 Å². The Balaban J connectivity index is 1.75. The number of benzene rings is 1. The molecule has 0 radical (unpaired) electrons. The minimum atomic E-state index is -0.0458. The third-order valence-electron chi connectivity index (χ3n) is 3.70. The second-order valence-corrected chi connectivity index (χ2v) is 5.38. The smallest absolute Gasteiger partial charge is 0.121 e. The number of hydrogen-bond donors (Lipinski definition) is 2. The summed E-state index contributed by atoms with van der Waals surface area (Å²) in [5.74, 6) is 0.933. The Labute approximate surface area is 114 Å². The predicted molar refractivity (Wildman–Crippen MR) is 74.6 cm³/mol. The summed E-state index contributed by atoms with van der Waals surface area (Å²) in [6, 6.07) is 6.27. The Morgan fingerprint density at radius 2 is 2.21 bits per heavy atom. The summed E-state index contributed by atoms with van der Waals surface area (Å²) in [5.41, 5.74) is 2.42. The molecule has 0 atom stereocenters. The van der Waals surface area contributed by atoms with Gasteiger partial charge < -0.3 is 19.9 Å². The van der Waals surface area contributed by atoms with Crippen molar-refractivity contribution in [3.05, 3.63) is 29.3 Å². The van der Waals surface area contributed by atoms with E-state index in [0.717, 1.165) is 25.3 Å². The van der Waals surface area contributed by atoms with Crippen LogP contribution in [0.25, 0.3) is 0 Å². The minimum absolute atomic E-state index is 0.0458. The number of hydrogen-bond acceptors (Lipinski definition) is 4. The van der Waals surface area contributed by atoms with Crippen LogP contribution in [0.5, 0.6) is 5.75 Å². The lowest BCUT2D eigenvalue weighted by molar-refractivity contribution is -0.134. The van der Waals surface area contributed by atoms with Crippen molar-refractivity contribution >= 4 is 0 Å². The van der Waals surface area contributed by atoms with Crippen LogP contribution in [0, 0.1) is 12.3 Å². The Hall–Kier alpha value is -1.10. The maximum absolute atomic E-state index is 9.31. The molecule has 2 N–H and O–H groups in total.